The van der Waals surface area contributed by atoms with Crippen LogP contribution in [0, 0.1) is 0 Å². The number of hydrogen-bond donors (Lipinski definition) is 3. The number of hydrogen-bond acceptors (Lipinski definition) is 6. The van der Waals surface area contributed by atoms with Gasteiger partial charge in [0, 0.05) is 24.8 Å². The van der Waals surface area contributed by atoms with Gasteiger partial charge in [-0.25, -0.2) is 9.97 Å². The fraction of sp³-hybridized carbons (Fsp3) is 0.296. The Morgan fingerprint density at radius 3 is 2.68 bits per heavy atom. The van der Waals surface area contributed by atoms with Crippen LogP contribution < -0.4 is 15.8 Å². The highest BCUT2D eigenvalue weighted by Gasteiger charge is 2.18. The molecule has 4 heterocycles. The molecule has 3 aromatic heterocycles. The quantitative estimate of drug-likeness (QED) is 0.400. The maximum Gasteiger partial charge on any atom is 0.259 e. The molecule has 1 aromatic carbocycles. The van der Waals surface area contributed by atoms with E-state index in [2.05, 4.69) is 46.2 Å². The van der Waals surface area contributed by atoms with Crippen molar-refractivity contribution in [1.29, 1.82) is 0 Å². The van der Waals surface area contributed by atoms with Gasteiger partial charge in [0.2, 0.25) is 0 Å². The molecule has 1 aliphatic rings. The van der Waals surface area contributed by atoms with Crippen LogP contribution in [0.4, 0.5) is 17.2 Å². The van der Waals surface area contributed by atoms with E-state index in [-0.39, 0.29) is 11.7 Å². The molecule has 5 rings (SSSR count). The molecule has 7 nitrogen and oxygen atoms in total. The van der Waals surface area contributed by atoms with Crippen molar-refractivity contribution in [3.63, 3.8) is 0 Å². The number of aliphatic hydroxyl groups excluding tert-OH is 1. The number of anilines is 3. The first-order valence-electron chi connectivity index (χ1n) is 11.8. The Balaban J connectivity index is 1.50. The molecule has 0 radical (unpaired) electrons. The minimum atomic E-state index is -0.210. The lowest BCUT2D eigenvalue weighted by atomic mass is 9.99. The molecule has 1 saturated heterocycles. The second kappa shape index (κ2) is 9.27. The van der Waals surface area contributed by atoms with E-state index < -0.39 is 0 Å². The highest BCUT2D eigenvalue weighted by atomic mass is 16.3. The van der Waals surface area contributed by atoms with Crippen molar-refractivity contribution < 1.29 is 5.11 Å². The first-order valence-corrected chi connectivity index (χ1v) is 11.8. The molecule has 0 atom stereocenters. The summed E-state index contributed by atoms with van der Waals surface area (Å²) in [5.41, 5.74) is 5.17. The van der Waals surface area contributed by atoms with Gasteiger partial charge in [0.05, 0.1) is 40.3 Å². The monoisotopic (exact) mass is 455 g/mol. The van der Waals surface area contributed by atoms with Gasteiger partial charge in [-0.15, -0.1) is 0 Å². The SMILES string of the molecule is CC(C)c1cccc(-c2cc(Nc3ccc(N4CCC(O)CC4)cn3)c3c(=O)[nH]ccc3n2)c1. The molecule has 0 unspecified atom stereocenters. The van der Waals surface area contributed by atoms with Crippen LogP contribution in [0.3, 0.4) is 0 Å². The summed E-state index contributed by atoms with van der Waals surface area (Å²) in [4.78, 5) is 27.1. The summed E-state index contributed by atoms with van der Waals surface area (Å²) >= 11 is 0. The summed E-state index contributed by atoms with van der Waals surface area (Å²) in [6, 6.07) is 16.0. The molecular weight excluding hydrogens is 426 g/mol. The largest absolute Gasteiger partial charge is 0.393 e. The smallest absolute Gasteiger partial charge is 0.259 e. The van der Waals surface area contributed by atoms with Gasteiger partial charge >= 0.3 is 0 Å². The number of aliphatic hydroxyl groups is 1. The van der Waals surface area contributed by atoms with Gasteiger partial charge in [0.25, 0.3) is 5.56 Å². The van der Waals surface area contributed by atoms with E-state index in [1.165, 1.54) is 5.56 Å². The Hall–Kier alpha value is -3.71. The third-order valence-electron chi connectivity index (χ3n) is 6.42. The lowest BCUT2D eigenvalue weighted by Crippen LogP contribution is -2.35. The number of H-pyrrole nitrogens is 1. The molecule has 4 aromatic rings. The molecule has 3 N–H and O–H groups in total. The third kappa shape index (κ3) is 4.52. The van der Waals surface area contributed by atoms with E-state index in [0.29, 0.717) is 28.3 Å². The molecule has 1 aliphatic heterocycles. The van der Waals surface area contributed by atoms with Crippen molar-refractivity contribution in [2.24, 2.45) is 0 Å². The van der Waals surface area contributed by atoms with Crippen molar-refractivity contribution in [3.05, 3.63) is 76.8 Å². The van der Waals surface area contributed by atoms with Gasteiger partial charge in [-0.2, -0.15) is 0 Å². The number of piperidine rings is 1. The Bertz CT molecular complexity index is 1360. The van der Waals surface area contributed by atoms with Crippen LogP contribution >= 0.6 is 0 Å². The van der Waals surface area contributed by atoms with E-state index in [4.69, 9.17) is 4.98 Å². The first kappa shape index (κ1) is 22.1. The Morgan fingerprint density at radius 2 is 1.94 bits per heavy atom. The number of fused-ring (bicyclic) bond motifs is 1. The minimum Gasteiger partial charge on any atom is -0.393 e. The molecule has 0 bridgehead atoms. The Labute approximate surface area is 198 Å². The van der Waals surface area contributed by atoms with E-state index in [1.807, 2.05) is 42.6 Å². The van der Waals surface area contributed by atoms with Crippen LogP contribution in [0.15, 0.2) is 65.7 Å². The summed E-state index contributed by atoms with van der Waals surface area (Å²) in [7, 11) is 0. The molecule has 0 saturated carbocycles. The van der Waals surface area contributed by atoms with E-state index in [0.717, 1.165) is 42.9 Å². The van der Waals surface area contributed by atoms with Crippen molar-refractivity contribution in [2.75, 3.05) is 23.3 Å². The zero-order valence-electron chi connectivity index (χ0n) is 19.5. The average Bonchev–Trinajstić information content (AvgIpc) is 2.85. The number of nitrogens with one attached hydrogen (secondary N) is 2. The predicted molar refractivity (Wildman–Crippen MR) is 137 cm³/mol. The van der Waals surface area contributed by atoms with Gasteiger partial charge in [-0.05, 0) is 54.7 Å². The van der Waals surface area contributed by atoms with Crippen LogP contribution in [-0.4, -0.2) is 39.3 Å². The molecule has 0 spiro atoms. The van der Waals surface area contributed by atoms with Gasteiger partial charge in [0.1, 0.15) is 5.82 Å². The lowest BCUT2D eigenvalue weighted by Gasteiger charge is -2.31. The fourth-order valence-electron chi connectivity index (χ4n) is 4.41. The van der Waals surface area contributed by atoms with Crippen LogP contribution in [0.2, 0.25) is 0 Å². The summed E-state index contributed by atoms with van der Waals surface area (Å²) < 4.78 is 0. The van der Waals surface area contributed by atoms with Gasteiger partial charge < -0.3 is 20.3 Å². The number of aromatic nitrogens is 3. The molecule has 1 fully saturated rings. The maximum atomic E-state index is 12.7. The summed E-state index contributed by atoms with van der Waals surface area (Å²) in [6.45, 7) is 5.97. The highest BCUT2D eigenvalue weighted by molar-refractivity contribution is 5.94. The third-order valence-corrected chi connectivity index (χ3v) is 6.42. The zero-order valence-corrected chi connectivity index (χ0v) is 19.5. The molecule has 0 amide bonds. The second-order valence-electron chi connectivity index (χ2n) is 9.15. The summed E-state index contributed by atoms with van der Waals surface area (Å²) in [6.07, 6.45) is 4.79. The maximum absolute atomic E-state index is 12.7. The topological polar surface area (TPSA) is 94.1 Å². The van der Waals surface area contributed by atoms with Crippen molar-refractivity contribution in [2.45, 2.75) is 38.7 Å². The molecule has 174 valence electrons. The average molecular weight is 456 g/mol. The number of nitrogens with zero attached hydrogens (tertiary/aromatic N) is 3. The minimum absolute atomic E-state index is 0.196. The van der Waals surface area contributed by atoms with Crippen LogP contribution in [-0.2, 0) is 0 Å². The van der Waals surface area contributed by atoms with Gasteiger partial charge in [0.15, 0.2) is 0 Å². The van der Waals surface area contributed by atoms with E-state index >= 15 is 0 Å². The fourth-order valence-corrected chi connectivity index (χ4v) is 4.41. The standard InChI is InChI=1S/C27H29N5O2/c1-17(2)18-4-3-5-19(14-18)23-15-24(26-22(30-23)8-11-28-27(26)34)31-25-7-6-20(16-29-25)32-12-9-21(33)10-13-32/h3-8,11,14-17,21,33H,9-10,12-13H2,1-2H3,(H,28,34)(H,29,30,31). The zero-order chi connectivity index (χ0) is 23.7. The van der Waals surface area contributed by atoms with Crippen molar-refractivity contribution in [3.8, 4) is 11.3 Å². The first-order chi connectivity index (χ1) is 16.5. The van der Waals surface area contributed by atoms with E-state index in [1.54, 1.807) is 6.20 Å². The van der Waals surface area contributed by atoms with Crippen molar-refractivity contribution >= 4 is 28.1 Å². The highest BCUT2D eigenvalue weighted by Crippen LogP contribution is 2.30. The second-order valence-corrected chi connectivity index (χ2v) is 9.15. The lowest BCUT2D eigenvalue weighted by molar-refractivity contribution is 0.145. The number of pyridine rings is 3. The Kier molecular flexibility index (Phi) is 6.02. The molecule has 7 heteroatoms. The predicted octanol–water partition coefficient (Wildman–Crippen LogP) is 4.81. The molecular formula is C27H29N5O2. The van der Waals surface area contributed by atoms with Crippen LogP contribution in [0.1, 0.15) is 38.2 Å². The van der Waals surface area contributed by atoms with Gasteiger partial charge in [-0.3, -0.25) is 4.79 Å². The number of aromatic amines is 1. The van der Waals surface area contributed by atoms with Gasteiger partial charge in [-0.1, -0.05) is 32.0 Å². The molecule has 0 aliphatic carbocycles. The summed E-state index contributed by atoms with van der Waals surface area (Å²) in [5.74, 6) is 1.06. The summed E-state index contributed by atoms with van der Waals surface area (Å²) in [5, 5.41) is 13.6. The number of benzene rings is 1. The normalized spacial score (nSPS) is 14.6. The molecule has 34 heavy (non-hydrogen) atoms. The van der Waals surface area contributed by atoms with Crippen molar-refractivity contribution in [1.82, 2.24) is 15.0 Å². The number of rotatable bonds is 5. The Morgan fingerprint density at radius 1 is 1.12 bits per heavy atom. The van der Waals surface area contributed by atoms with Crippen LogP contribution in [0.25, 0.3) is 22.2 Å². The van der Waals surface area contributed by atoms with E-state index in [9.17, 15) is 9.90 Å². The van der Waals surface area contributed by atoms with Crippen LogP contribution in [0.5, 0.6) is 0 Å².